The van der Waals surface area contributed by atoms with Gasteiger partial charge < -0.3 is 9.47 Å². The van der Waals surface area contributed by atoms with Gasteiger partial charge in [-0.2, -0.15) is 0 Å². The van der Waals surface area contributed by atoms with Gasteiger partial charge in [0.05, 0.1) is 12.7 Å². The predicted octanol–water partition coefficient (Wildman–Crippen LogP) is 4.06. The van der Waals surface area contributed by atoms with Crippen molar-refractivity contribution in [3.05, 3.63) is 58.4 Å². The average Bonchev–Trinajstić information content (AvgIpc) is 2.48. The Hall–Kier alpha value is -2.07. The molecule has 0 saturated heterocycles. The maximum Gasteiger partial charge on any atom is 0.204 e. The molecule has 3 nitrogen and oxygen atoms in total. The molecule has 2 aromatic carbocycles. The summed E-state index contributed by atoms with van der Waals surface area (Å²) in [4.78, 5) is 12.1. The molecule has 0 heterocycles. The fourth-order valence-electron chi connectivity index (χ4n) is 1.83. The van der Waals surface area contributed by atoms with Gasteiger partial charge in [-0.15, -0.1) is 0 Å². The molecule has 0 aliphatic rings. The maximum absolute atomic E-state index is 13.2. The summed E-state index contributed by atoms with van der Waals surface area (Å²) in [7, 11) is 1.42. The van der Waals surface area contributed by atoms with Gasteiger partial charge in [0.25, 0.3) is 0 Å². The lowest BCUT2D eigenvalue weighted by Gasteiger charge is -2.10. The zero-order valence-corrected chi connectivity index (χ0v) is 12.4. The fourth-order valence-corrected chi connectivity index (χ4v) is 1.95. The Labute approximate surface area is 127 Å². The Kier molecular flexibility index (Phi) is 4.81. The predicted molar refractivity (Wildman–Crippen MR) is 79.0 cm³/mol. The number of hydrogen-bond donors (Lipinski definition) is 0. The van der Waals surface area contributed by atoms with Crippen molar-refractivity contribution in [3.8, 4) is 11.5 Å². The van der Waals surface area contributed by atoms with Crippen LogP contribution in [0.15, 0.2) is 36.4 Å². The van der Waals surface area contributed by atoms with Crippen molar-refractivity contribution in [3.63, 3.8) is 0 Å². The molecule has 0 aromatic heterocycles. The van der Waals surface area contributed by atoms with Crippen molar-refractivity contribution in [2.45, 2.75) is 6.92 Å². The smallest absolute Gasteiger partial charge is 0.204 e. The molecule has 21 heavy (non-hydrogen) atoms. The fraction of sp³-hybridized carbons (Fsp3) is 0.188. The summed E-state index contributed by atoms with van der Waals surface area (Å²) < 4.78 is 23.7. The van der Waals surface area contributed by atoms with Crippen molar-refractivity contribution in [2.24, 2.45) is 0 Å². The minimum Gasteiger partial charge on any atom is -0.496 e. The van der Waals surface area contributed by atoms with E-state index >= 15 is 0 Å². The topological polar surface area (TPSA) is 35.5 Å². The number of hydrogen-bond acceptors (Lipinski definition) is 3. The summed E-state index contributed by atoms with van der Waals surface area (Å²) in [6.45, 7) is 1.63. The van der Waals surface area contributed by atoms with Crippen LogP contribution in [0.2, 0.25) is 5.02 Å². The molecule has 0 unspecified atom stereocenters. The third-order valence-corrected chi connectivity index (χ3v) is 3.39. The molecular weight excluding hydrogens is 295 g/mol. The highest BCUT2D eigenvalue weighted by molar-refractivity contribution is 6.31. The van der Waals surface area contributed by atoms with Crippen LogP contribution in [0, 0.1) is 12.7 Å². The van der Waals surface area contributed by atoms with E-state index in [9.17, 15) is 9.18 Å². The van der Waals surface area contributed by atoms with E-state index in [1.165, 1.54) is 19.2 Å². The van der Waals surface area contributed by atoms with Gasteiger partial charge in [0.2, 0.25) is 5.78 Å². The van der Waals surface area contributed by atoms with E-state index in [1.54, 1.807) is 18.2 Å². The van der Waals surface area contributed by atoms with E-state index < -0.39 is 5.82 Å². The van der Waals surface area contributed by atoms with Gasteiger partial charge in [0.1, 0.15) is 17.3 Å². The normalized spacial score (nSPS) is 10.3. The summed E-state index contributed by atoms with van der Waals surface area (Å²) >= 11 is 5.92. The molecule has 2 rings (SSSR count). The first-order valence-corrected chi connectivity index (χ1v) is 6.64. The van der Waals surface area contributed by atoms with Crippen LogP contribution in [0.4, 0.5) is 4.39 Å². The molecule has 0 spiro atoms. The highest BCUT2D eigenvalue weighted by atomic mass is 35.5. The van der Waals surface area contributed by atoms with Crippen LogP contribution in [0.3, 0.4) is 0 Å². The van der Waals surface area contributed by atoms with Crippen LogP contribution in [0.25, 0.3) is 0 Å². The van der Waals surface area contributed by atoms with Crippen molar-refractivity contribution in [2.75, 3.05) is 13.7 Å². The molecule has 0 aliphatic heterocycles. The molecule has 0 N–H and O–H groups in total. The first-order valence-electron chi connectivity index (χ1n) is 6.27. The van der Waals surface area contributed by atoms with Crippen LogP contribution < -0.4 is 9.47 Å². The van der Waals surface area contributed by atoms with Gasteiger partial charge in [-0.3, -0.25) is 4.79 Å². The van der Waals surface area contributed by atoms with Crippen molar-refractivity contribution in [1.82, 2.24) is 0 Å². The second kappa shape index (κ2) is 6.59. The van der Waals surface area contributed by atoms with E-state index in [2.05, 4.69) is 0 Å². The molecular formula is C16H14ClFO3. The van der Waals surface area contributed by atoms with Gasteiger partial charge in [-0.1, -0.05) is 11.6 Å². The lowest BCUT2D eigenvalue weighted by molar-refractivity contribution is 0.0918. The van der Waals surface area contributed by atoms with Gasteiger partial charge in [-0.25, -0.2) is 4.39 Å². The molecule has 0 bridgehead atoms. The van der Waals surface area contributed by atoms with Crippen LogP contribution >= 0.6 is 11.6 Å². The second-order valence-electron chi connectivity index (χ2n) is 4.47. The number of benzene rings is 2. The number of halogens is 2. The lowest BCUT2D eigenvalue weighted by atomic mass is 10.1. The van der Waals surface area contributed by atoms with Crippen molar-refractivity contribution >= 4 is 17.4 Å². The number of methoxy groups -OCH3 is 1. The Balaban J connectivity index is 2.11. The van der Waals surface area contributed by atoms with E-state index in [4.69, 9.17) is 21.1 Å². The van der Waals surface area contributed by atoms with Gasteiger partial charge >= 0.3 is 0 Å². The van der Waals surface area contributed by atoms with Crippen LogP contribution in [-0.4, -0.2) is 19.5 Å². The summed E-state index contributed by atoms with van der Waals surface area (Å²) in [5.74, 6) is -0.0154. The van der Waals surface area contributed by atoms with Crippen LogP contribution in [-0.2, 0) is 0 Å². The van der Waals surface area contributed by atoms with E-state index in [1.807, 2.05) is 6.92 Å². The lowest BCUT2D eigenvalue weighted by Crippen LogP contribution is -2.13. The van der Waals surface area contributed by atoms with Crippen LogP contribution in [0.5, 0.6) is 11.5 Å². The SMILES string of the molecule is COc1ccc(F)cc1C(=O)COc1ccc(Cl)c(C)c1. The molecule has 0 atom stereocenters. The maximum atomic E-state index is 13.2. The first-order chi connectivity index (χ1) is 10.0. The molecule has 0 aliphatic carbocycles. The molecule has 0 saturated carbocycles. The monoisotopic (exact) mass is 308 g/mol. The molecule has 0 amide bonds. The summed E-state index contributed by atoms with van der Waals surface area (Å²) in [6, 6.07) is 8.88. The zero-order chi connectivity index (χ0) is 15.4. The summed E-state index contributed by atoms with van der Waals surface area (Å²) in [5.41, 5.74) is 1.01. The summed E-state index contributed by atoms with van der Waals surface area (Å²) in [5, 5.41) is 0.625. The third kappa shape index (κ3) is 3.73. The van der Waals surface area contributed by atoms with E-state index in [0.717, 1.165) is 11.6 Å². The largest absolute Gasteiger partial charge is 0.496 e. The average molecular weight is 309 g/mol. The summed E-state index contributed by atoms with van der Waals surface area (Å²) in [6.07, 6.45) is 0. The Bertz CT molecular complexity index is 671. The number of Topliss-reactive ketones (excluding diaryl/α,β-unsaturated/α-hetero) is 1. The Morgan fingerprint density at radius 1 is 1.24 bits per heavy atom. The molecule has 2 aromatic rings. The van der Waals surface area contributed by atoms with E-state index in [0.29, 0.717) is 16.5 Å². The minimum atomic E-state index is -0.499. The Morgan fingerprint density at radius 2 is 2.00 bits per heavy atom. The number of carbonyl (C=O) groups excluding carboxylic acids is 1. The highest BCUT2D eigenvalue weighted by Gasteiger charge is 2.14. The molecule has 5 heteroatoms. The number of ether oxygens (including phenoxy) is 2. The second-order valence-corrected chi connectivity index (χ2v) is 4.87. The molecule has 0 radical (unpaired) electrons. The number of rotatable bonds is 5. The van der Waals surface area contributed by atoms with E-state index in [-0.39, 0.29) is 18.0 Å². The van der Waals surface area contributed by atoms with Gasteiger partial charge in [0, 0.05) is 5.02 Å². The number of carbonyl (C=O) groups is 1. The Morgan fingerprint density at radius 3 is 2.67 bits per heavy atom. The highest BCUT2D eigenvalue weighted by Crippen LogP contribution is 2.23. The molecule has 110 valence electrons. The standard InChI is InChI=1S/C16H14ClFO3/c1-10-7-12(4-5-14(10)17)21-9-15(19)13-8-11(18)3-6-16(13)20-2/h3-8H,9H2,1-2H3. The molecule has 0 fully saturated rings. The number of ketones is 1. The van der Waals surface area contributed by atoms with Crippen LogP contribution in [0.1, 0.15) is 15.9 Å². The van der Waals surface area contributed by atoms with Crippen molar-refractivity contribution in [1.29, 1.82) is 0 Å². The van der Waals surface area contributed by atoms with Gasteiger partial charge in [0.15, 0.2) is 6.61 Å². The number of aryl methyl sites for hydroxylation is 1. The quantitative estimate of drug-likeness (QED) is 0.781. The van der Waals surface area contributed by atoms with Crippen molar-refractivity contribution < 1.29 is 18.7 Å². The minimum absolute atomic E-state index is 0.156. The first kappa shape index (κ1) is 15.3. The third-order valence-electron chi connectivity index (χ3n) is 2.96. The van der Waals surface area contributed by atoms with Gasteiger partial charge in [-0.05, 0) is 48.9 Å². The zero-order valence-electron chi connectivity index (χ0n) is 11.7.